The zero-order valence-corrected chi connectivity index (χ0v) is 16.0. The van der Waals surface area contributed by atoms with Crippen LogP contribution >= 0.6 is 0 Å². The summed E-state index contributed by atoms with van der Waals surface area (Å²) in [7, 11) is 1.51. The largest absolute Gasteiger partial charge is 0.469 e. The van der Waals surface area contributed by atoms with Gasteiger partial charge in [-0.1, -0.05) is 67.1 Å². The molecule has 0 unspecified atom stereocenters. The lowest BCUT2D eigenvalue weighted by Crippen LogP contribution is -2.48. The molecule has 0 heterocycles. The number of hydrogen-bond acceptors (Lipinski definition) is 3. The molecule has 0 spiro atoms. The molecule has 3 rings (SSSR count). The topological polar surface area (TPSA) is 29.5 Å². The number of rotatable bonds is 6. The molecule has 3 nitrogen and oxygen atoms in total. The average molecular weight is 351 g/mol. The Morgan fingerprint density at radius 1 is 1.15 bits per heavy atom. The molecule has 0 aliphatic heterocycles. The quantitative estimate of drug-likeness (QED) is 0.687. The molecule has 0 N–H and O–H groups in total. The summed E-state index contributed by atoms with van der Waals surface area (Å²) in [5, 5.41) is 0. The maximum atomic E-state index is 12.6. The van der Waals surface area contributed by atoms with Crippen molar-refractivity contribution in [2.75, 3.05) is 7.11 Å². The van der Waals surface area contributed by atoms with Crippen LogP contribution in [0, 0.1) is 5.41 Å². The fourth-order valence-corrected chi connectivity index (χ4v) is 4.39. The van der Waals surface area contributed by atoms with Crippen LogP contribution in [0.5, 0.6) is 0 Å². The first-order chi connectivity index (χ1) is 12.6. The molecule has 1 aliphatic carbocycles. The normalized spacial score (nSPS) is 23.8. The molecule has 3 atom stereocenters. The van der Waals surface area contributed by atoms with Crippen LogP contribution in [0.3, 0.4) is 0 Å². The van der Waals surface area contributed by atoms with Crippen molar-refractivity contribution < 1.29 is 9.53 Å². The summed E-state index contributed by atoms with van der Waals surface area (Å²) in [5.74, 6) is -0.0849. The van der Waals surface area contributed by atoms with Crippen LogP contribution < -0.4 is 0 Å². The van der Waals surface area contributed by atoms with E-state index in [0.717, 1.165) is 25.8 Å². The summed E-state index contributed by atoms with van der Waals surface area (Å²) in [5.41, 5.74) is 2.10. The van der Waals surface area contributed by atoms with E-state index in [0.29, 0.717) is 0 Å². The minimum absolute atomic E-state index is 0.0849. The molecule has 1 fully saturated rings. The zero-order valence-electron chi connectivity index (χ0n) is 16.0. The molecule has 0 saturated heterocycles. The SMILES string of the molecule is COC(=O)[C@@]1(C)CCC[C@H]1N(Cc1ccccc1)[C@H](C)c1ccccc1. The van der Waals surface area contributed by atoms with Crippen molar-refractivity contribution in [1.82, 2.24) is 4.90 Å². The second kappa shape index (κ2) is 8.05. The number of nitrogens with zero attached hydrogens (tertiary/aromatic N) is 1. The van der Waals surface area contributed by atoms with E-state index in [-0.39, 0.29) is 18.1 Å². The smallest absolute Gasteiger partial charge is 0.313 e. The molecule has 1 aliphatic rings. The van der Waals surface area contributed by atoms with Crippen LogP contribution in [0.1, 0.15) is 50.3 Å². The third-order valence-electron chi connectivity index (χ3n) is 5.95. The van der Waals surface area contributed by atoms with Gasteiger partial charge >= 0.3 is 5.97 Å². The summed E-state index contributed by atoms with van der Waals surface area (Å²) in [6.45, 7) is 5.15. The van der Waals surface area contributed by atoms with Crippen LogP contribution in [-0.2, 0) is 16.1 Å². The number of esters is 1. The van der Waals surface area contributed by atoms with E-state index in [2.05, 4.69) is 67.3 Å². The van der Waals surface area contributed by atoms with Gasteiger partial charge in [-0.2, -0.15) is 0 Å². The Hall–Kier alpha value is -2.13. The molecule has 26 heavy (non-hydrogen) atoms. The Balaban J connectivity index is 1.96. The standard InChI is InChI=1S/C23H29NO2/c1-18(20-13-8-5-9-14-20)24(17-19-11-6-4-7-12-19)21-15-10-16-23(21,2)22(25)26-3/h4-9,11-14,18,21H,10,15-17H2,1-3H3/t18-,21-,23+/m1/s1. The Morgan fingerprint density at radius 3 is 2.38 bits per heavy atom. The summed E-state index contributed by atoms with van der Waals surface area (Å²) in [6.07, 6.45) is 2.97. The Morgan fingerprint density at radius 2 is 1.77 bits per heavy atom. The monoisotopic (exact) mass is 351 g/mol. The van der Waals surface area contributed by atoms with Gasteiger partial charge in [0.1, 0.15) is 0 Å². The predicted molar refractivity (Wildman–Crippen MR) is 105 cm³/mol. The van der Waals surface area contributed by atoms with Crippen LogP contribution in [0.15, 0.2) is 60.7 Å². The molecule has 0 radical (unpaired) electrons. The van der Waals surface area contributed by atoms with Crippen molar-refractivity contribution in [1.29, 1.82) is 0 Å². The molecule has 3 heteroatoms. The number of ether oxygens (including phenoxy) is 1. The van der Waals surface area contributed by atoms with Crippen LogP contribution in [0.25, 0.3) is 0 Å². The fraction of sp³-hybridized carbons (Fsp3) is 0.435. The van der Waals surface area contributed by atoms with Gasteiger partial charge in [0.2, 0.25) is 0 Å². The lowest BCUT2D eigenvalue weighted by atomic mass is 9.82. The third-order valence-corrected chi connectivity index (χ3v) is 5.95. The number of methoxy groups -OCH3 is 1. The Bertz CT molecular complexity index is 716. The Labute approximate surface area is 157 Å². The molecule has 2 aromatic carbocycles. The maximum absolute atomic E-state index is 12.6. The third kappa shape index (κ3) is 3.68. The van der Waals surface area contributed by atoms with Crippen molar-refractivity contribution in [2.45, 2.75) is 51.7 Å². The molecular formula is C23H29NO2. The number of benzene rings is 2. The maximum Gasteiger partial charge on any atom is 0.313 e. The first-order valence-electron chi connectivity index (χ1n) is 9.49. The molecule has 138 valence electrons. The summed E-state index contributed by atoms with van der Waals surface area (Å²) in [4.78, 5) is 15.1. The van der Waals surface area contributed by atoms with Crippen molar-refractivity contribution in [3.8, 4) is 0 Å². The first-order valence-corrected chi connectivity index (χ1v) is 9.49. The van der Waals surface area contributed by atoms with Gasteiger partial charge < -0.3 is 4.74 Å². The second-order valence-electron chi connectivity index (χ2n) is 7.56. The molecule has 2 aromatic rings. The highest BCUT2D eigenvalue weighted by Gasteiger charge is 2.49. The highest BCUT2D eigenvalue weighted by molar-refractivity contribution is 5.77. The molecule has 1 saturated carbocycles. The highest BCUT2D eigenvalue weighted by atomic mass is 16.5. The van der Waals surface area contributed by atoms with Gasteiger partial charge in [-0.3, -0.25) is 9.69 Å². The van der Waals surface area contributed by atoms with Crippen molar-refractivity contribution >= 4 is 5.97 Å². The van der Waals surface area contributed by atoms with Gasteiger partial charge in [-0.05, 0) is 37.8 Å². The predicted octanol–water partition coefficient (Wildman–Crippen LogP) is 4.98. The minimum atomic E-state index is -0.452. The number of carbonyl (C=O) groups excluding carboxylic acids is 1. The lowest BCUT2D eigenvalue weighted by molar-refractivity contribution is -0.155. The molecule has 0 bridgehead atoms. The zero-order chi connectivity index (χ0) is 18.6. The molecule has 0 amide bonds. The second-order valence-corrected chi connectivity index (χ2v) is 7.56. The molecule has 0 aromatic heterocycles. The van der Waals surface area contributed by atoms with Gasteiger partial charge in [-0.25, -0.2) is 0 Å². The van der Waals surface area contributed by atoms with Crippen molar-refractivity contribution in [3.63, 3.8) is 0 Å². The van der Waals surface area contributed by atoms with Crippen molar-refractivity contribution in [3.05, 3.63) is 71.8 Å². The van der Waals surface area contributed by atoms with E-state index in [1.807, 2.05) is 12.1 Å². The Kier molecular flexibility index (Phi) is 5.77. The first kappa shape index (κ1) is 18.7. The van der Waals surface area contributed by atoms with E-state index in [4.69, 9.17) is 4.74 Å². The van der Waals surface area contributed by atoms with Gasteiger partial charge in [0.15, 0.2) is 0 Å². The summed E-state index contributed by atoms with van der Waals surface area (Å²) < 4.78 is 5.19. The van der Waals surface area contributed by atoms with Gasteiger partial charge in [-0.15, -0.1) is 0 Å². The minimum Gasteiger partial charge on any atom is -0.469 e. The number of carbonyl (C=O) groups is 1. The van der Waals surface area contributed by atoms with Crippen molar-refractivity contribution in [2.24, 2.45) is 5.41 Å². The van der Waals surface area contributed by atoms with Crippen LogP contribution in [0.2, 0.25) is 0 Å². The van der Waals surface area contributed by atoms with E-state index in [1.54, 1.807) is 0 Å². The highest BCUT2D eigenvalue weighted by Crippen LogP contribution is 2.45. The van der Waals surface area contributed by atoms with Crippen LogP contribution in [0.4, 0.5) is 0 Å². The van der Waals surface area contributed by atoms with E-state index < -0.39 is 5.41 Å². The van der Waals surface area contributed by atoms with E-state index >= 15 is 0 Å². The average Bonchev–Trinajstić information content (AvgIpc) is 3.09. The van der Waals surface area contributed by atoms with Crippen LogP contribution in [-0.4, -0.2) is 24.0 Å². The number of hydrogen-bond donors (Lipinski definition) is 0. The fourth-order valence-electron chi connectivity index (χ4n) is 4.39. The summed E-state index contributed by atoms with van der Waals surface area (Å²) >= 11 is 0. The van der Waals surface area contributed by atoms with Gasteiger partial charge in [0, 0.05) is 18.6 Å². The summed E-state index contributed by atoms with van der Waals surface area (Å²) in [6, 6.07) is 21.5. The van der Waals surface area contributed by atoms with Gasteiger partial charge in [0.05, 0.1) is 12.5 Å². The molecular weight excluding hydrogens is 322 g/mol. The van der Waals surface area contributed by atoms with Gasteiger partial charge in [0.25, 0.3) is 0 Å². The van der Waals surface area contributed by atoms with E-state index in [1.165, 1.54) is 18.2 Å². The lowest BCUT2D eigenvalue weighted by Gasteiger charge is -2.41. The van der Waals surface area contributed by atoms with E-state index in [9.17, 15) is 4.79 Å².